The number of carbonyl (C=O) groups is 1. The lowest BCUT2D eigenvalue weighted by atomic mass is 10.1. The molecule has 0 aliphatic carbocycles. The summed E-state index contributed by atoms with van der Waals surface area (Å²) in [5.74, 6) is -0.0564. The van der Waals surface area contributed by atoms with Gasteiger partial charge in [0.2, 0.25) is 0 Å². The summed E-state index contributed by atoms with van der Waals surface area (Å²) >= 11 is 1.68. The Labute approximate surface area is 156 Å². The fourth-order valence-electron chi connectivity index (χ4n) is 2.99. The van der Waals surface area contributed by atoms with Gasteiger partial charge in [-0.2, -0.15) is 5.10 Å². The topological polar surface area (TPSA) is 46.9 Å². The Morgan fingerprint density at radius 2 is 1.92 bits per heavy atom. The number of thiophene rings is 1. The third-order valence-electron chi connectivity index (χ3n) is 4.38. The molecular formula is C21H19N3OS. The largest absolute Gasteiger partial charge is 0.350 e. The summed E-state index contributed by atoms with van der Waals surface area (Å²) in [4.78, 5) is 13.6. The molecule has 0 saturated carbocycles. The number of hydrogen-bond donors (Lipinski definition) is 1. The standard InChI is InChI=1S/C21H19N3OS/c1-15-13-19(20-7-4-12-26-20)23-24(15)11-10-22-21(25)18-9-8-16-5-2-3-6-17(16)14-18/h2-9,12-14H,10-11H2,1H3,(H,22,25). The van der Waals surface area contributed by atoms with Gasteiger partial charge in [-0.05, 0) is 47.3 Å². The summed E-state index contributed by atoms with van der Waals surface area (Å²) in [6, 6.07) is 20.0. The van der Waals surface area contributed by atoms with Crippen molar-refractivity contribution in [3.63, 3.8) is 0 Å². The third-order valence-corrected chi connectivity index (χ3v) is 5.27. The van der Waals surface area contributed by atoms with Crippen LogP contribution in [0.2, 0.25) is 0 Å². The molecule has 0 bridgehead atoms. The molecule has 4 rings (SSSR count). The number of rotatable bonds is 5. The Morgan fingerprint density at radius 3 is 2.73 bits per heavy atom. The zero-order valence-electron chi connectivity index (χ0n) is 14.5. The lowest BCUT2D eigenvalue weighted by Crippen LogP contribution is -2.27. The van der Waals surface area contributed by atoms with Crippen LogP contribution in [-0.2, 0) is 6.54 Å². The van der Waals surface area contributed by atoms with Crippen molar-refractivity contribution in [1.82, 2.24) is 15.1 Å². The second-order valence-electron chi connectivity index (χ2n) is 6.19. The Morgan fingerprint density at radius 1 is 1.08 bits per heavy atom. The van der Waals surface area contributed by atoms with E-state index in [1.807, 2.05) is 65.5 Å². The van der Waals surface area contributed by atoms with Crippen LogP contribution in [-0.4, -0.2) is 22.2 Å². The Kier molecular flexibility index (Phi) is 4.54. The maximum atomic E-state index is 12.4. The van der Waals surface area contributed by atoms with Crippen molar-refractivity contribution in [1.29, 1.82) is 0 Å². The van der Waals surface area contributed by atoms with Crippen molar-refractivity contribution in [2.45, 2.75) is 13.5 Å². The highest BCUT2D eigenvalue weighted by Gasteiger charge is 2.09. The molecule has 130 valence electrons. The molecule has 0 fully saturated rings. The summed E-state index contributed by atoms with van der Waals surface area (Å²) in [5, 5.41) is 11.9. The molecular weight excluding hydrogens is 342 g/mol. The minimum absolute atomic E-state index is 0.0564. The molecule has 4 nitrogen and oxygen atoms in total. The number of fused-ring (bicyclic) bond motifs is 1. The maximum Gasteiger partial charge on any atom is 0.251 e. The number of aromatic nitrogens is 2. The first kappa shape index (κ1) is 16.5. The van der Waals surface area contributed by atoms with Crippen LogP contribution in [0.3, 0.4) is 0 Å². The molecule has 26 heavy (non-hydrogen) atoms. The van der Waals surface area contributed by atoms with Crippen molar-refractivity contribution in [2.24, 2.45) is 0 Å². The van der Waals surface area contributed by atoms with Crippen LogP contribution in [0.5, 0.6) is 0 Å². The first-order chi connectivity index (χ1) is 12.7. The number of aryl methyl sites for hydroxylation is 1. The van der Waals surface area contributed by atoms with Crippen LogP contribution in [0, 0.1) is 6.92 Å². The van der Waals surface area contributed by atoms with Gasteiger partial charge in [-0.1, -0.05) is 36.4 Å². The van der Waals surface area contributed by atoms with Crippen LogP contribution in [0.15, 0.2) is 66.0 Å². The Balaban J connectivity index is 1.40. The highest BCUT2D eigenvalue weighted by molar-refractivity contribution is 7.13. The number of carbonyl (C=O) groups excluding carboxylic acids is 1. The van der Waals surface area contributed by atoms with Gasteiger partial charge in [-0.3, -0.25) is 9.48 Å². The lowest BCUT2D eigenvalue weighted by molar-refractivity contribution is 0.0952. The quantitative estimate of drug-likeness (QED) is 0.569. The highest BCUT2D eigenvalue weighted by Crippen LogP contribution is 2.23. The normalized spacial score (nSPS) is 11.0. The highest BCUT2D eigenvalue weighted by atomic mass is 32.1. The van der Waals surface area contributed by atoms with Crippen molar-refractivity contribution >= 4 is 28.0 Å². The number of nitrogens with zero attached hydrogens (tertiary/aromatic N) is 2. The molecule has 1 N–H and O–H groups in total. The molecule has 2 aromatic carbocycles. The first-order valence-electron chi connectivity index (χ1n) is 8.56. The monoisotopic (exact) mass is 361 g/mol. The molecule has 0 aliphatic rings. The van der Waals surface area contributed by atoms with Gasteiger partial charge in [0.1, 0.15) is 5.69 Å². The fraction of sp³-hybridized carbons (Fsp3) is 0.143. The van der Waals surface area contributed by atoms with Gasteiger partial charge in [-0.15, -0.1) is 11.3 Å². The lowest BCUT2D eigenvalue weighted by Gasteiger charge is -2.08. The molecule has 1 amide bonds. The predicted molar refractivity (Wildman–Crippen MR) is 107 cm³/mol. The van der Waals surface area contributed by atoms with E-state index in [0.717, 1.165) is 27.0 Å². The van der Waals surface area contributed by atoms with Crippen molar-refractivity contribution < 1.29 is 4.79 Å². The summed E-state index contributed by atoms with van der Waals surface area (Å²) in [5.41, 5.74) is 2.76. The van der Waals surface area contributed by atoms with Crippen LogP contribution < -0.4 is 5.32 Å². The molecule has 2 aromatic heterocycles. The molecule has 0 radical (unpaired) electrons. The van der Waals surface area contributed by atoms with Gasteiger partial charge in [0.25, 0.3) is 5.91 Å². The minimum atomic E-state index is -0.0564. The molecule has 0 unspecified atom stereocenters. The predicted octanol–water partition coefficient (Wildman–Crippen LogP) is 4.50. The third kappa shape index (κ3) is 3.39. The number of nitrogens with one attached hydrogen (secondary N) is 1. The Bertz CT molecular complexity index is 1050. The summed E-state index contributed by atoms with van der Waals surface area (Å²) in [6.45, 7) is 3.23. The SMILES string of the molecule is Cc1cc(-c2cccs2)nn1CCNC(=O)c1ccc2ccccc2c1. The van der Waals surface area contributed by atoms with E-state index >= 15 is 0 Å². The van der Waals surface area contributed by atoms with E-state index in [9.17, 15) is 4.79 Å². The van der Waals surface area contributed by atoms with E-state index in [-0.39, 0.29) is 5.91 Å². The van der Waals surface area contributed by atoms with E-state index in [4.69, 9.17) is 0 Å². The second kappa shape index (κ2) is 7.14. The van der Waals surface area contributed by atoms with Crippen LogP contribution in [0.4, 0.5) is 0 Å². The average molecular weight is 361 g/mol. The smallest absolute Gasteiger partial charge is 0.251 e. The number of benzene rings is 2. The summed E-state index contributed by atoms with van der Waals surface area (Å²) < 4.78 is 1.94. The van der Waals surface area contributed by atoms with Crippen molar-refractivity contribution in [3.05, 3.63) is 77.3 Å². The molecule has 4 aromatic rings. The van der Waals surface area contributed by atoms with Gasteiger partial charge < -0.3 is 5.32 Å². The van der Waals surface area contributed by atoms with Gasteiger partial charge in [0.15, 0.2) is 0 Å². The van der Waals surface area contributed by atoms with E-state index < -0.39 is 0 Å². The molecule has 5 heteroatoms. The van der Waals surface area contributed by atoms with E-state index in [1.54, 1.807) is 11.3 Å². The number of hydrogen-bond acceptors (Lipinski definition) is 3. The van der Waals surface area contributed by atoms with Gasteiger partial charge in [-0.25, -0.2) is 0 Å². The zero-order chi connectivity index (χ0) is 17.9. The Hall–Kier alpha value is -2.92. The van der Waals surface area contributed by atoms with Gasteiger partial charge in [0.05, 0.1) is 11.4 Å². The first-order valence-corrected chi connectivity index (χ1v) is 9.44. The van der Waals surface area contributed by atoms with E-state index in [2.05, 4.69) is 22.5 Å². The number of amides is 1. The van der Waals surface area contributed by atoms with Gasteiger partial charge in [0, 0.05) is 17.8 Å². The summed E-state index contributed by atoms with van der Waals surface area (Å²) in [6.07, 6.45) is 0. The molecule has 0 saturated heterocycles. The summed E-state index contributed by atoms with van der Waals surface area (Å²) in [7, 11) is 0. The van der Waals surface area contributed by atoms with Crippen molar-refractivity contribution in [2.75, 3.05) is 6.54 Å². The van der Waals surface area contributed by atoms with E-state index in [1.165, 1.54) is 0 Å². The second-order valence-corrected chi connectivity index (χ2v) is 7.14. The zero-order valence-corrected chi connectivity index (χ0v) is 15.3. The fourth-order valence-corrected chi connectivity index (χ4v) is 3.67. The maximum absolute atomic E-state index is 12.4. The minimum Gasteiger partial charge on any atom is -0.350 e. The molecule has 0 aliphatic heterocycles. The molecule has 2 heterocycles. The van der Waals surface area contributed by atoms with Crippen LogP contribution in [0.25, 0.3) is 21.3 Å². The van der Waals surface area contributed by atoms with Crippen LogP contribution >= 0.6 is 11.3 Å². The average Bonchev–Trinajstić information content (AvgIpc) is 3.31. The molecule has 0 spiro atoms. The van der Waals surface area contributed by atoms with E-state index in [0.29, 0.717) is 18.7 Å². The van der Waals surface area contributed by atoms with Gasteiger partial charge >= 0.3 is 0 Å². The van der Waals surface area contributed by atoms with Crippen molar-refractivity contribution in [3.8, 4) is 10.6 Å². The van der Waals surface area contributed by atoms with Crippen LogP contribution in [0.1, 0.15) is 16.1 Å². The molecule has 0 atom stereocenters.